The predicted octanol–water partition coefficient (Wildman–Crippen LogP) is 3.37. The topological polar surface area (TPSA) is 43.8 Å². The number of hydrogen-bond donors (Lipinski definition) is 1. The van der Waals surface area contributed by atoms with Crippen molar-refractivity contribution in [1.29, 1.82) is 0 Å². The van der Waals surface area contributed by atoms with E-state index in [1.165, 1.54) is 16.7 Å². The Kier molecular flexibility index (Phi) is 3.84. The number of nitrogens with zero attached hydrogens (tertiary/aromatic N) is 2. The molecule has 0 unspecified atom stereocenters. The molecule has 0 saturated heterocycles. The maximum atomic E-state index is 5.71. The molecule has 0 aliphatic heterocycles. The Hall–Kier alpha value is -2.39. The van der Waals surface area contributed by atoms with Crippen molar-refractivity contribution in [2.75, 3.05) is 0 Å². The van der Waals surface area contributed by atoms with E-state index in [2.05, 4.69) is 65.0 Å². The summed E-state index contributed by atoms with van der Waals surface area (Å²) in [4.78, 5) is 4.52. The van der Waals surface area contributed by atoms with E-state index in [9.17, 15) is 0 Å². The lowest BCUT2D eigenvalue weighted by Crippen LogP contribution is -2.03. The van der Waals surface area contributed by atoms with Crippen molar-refractivity contribution in [3.8, 4) is 11.4 Å². The molecule has 0 aliphatic carbocycles. The molecule has 0 radical (unpaired) electrons. The van der Waals surface area contributed by atoms with Crippen molar-refractivity contribution in [3.05, 3.63) is 77.6 Å². The molecule has 0 spiro atoms. The van der Waals surface area contributed by atoms with Crippen LogP contribution in [0.5, 0.6) is 0 Å². The van der Waals surface area contributed by atoms with Gasteiger partial charge in [0.2, 0.25) is 0 Å². The summed E-state index contributed by atoms with van der Waals surface area (Å²) in [6.07, 6.45) is 3.88. The van der Waals surface area contributed by atoms with Crippen molar-refractivity contribution in [1.82, 2.24) is 9.55 Å². The molecule has 1 heterocycles. The van der Waals surface area contributed by atoms with Gasteiger partial charge in [-0.05, 0) is 23.6 Å². The van der Waals surface area contributed by atoms with Crippen LogP contribution in [0, 0.1) is 6.92 Å². The maximum absolute atomic E-state index is 5.71. The molecule has 0 fully saturated rings. The van der Waals surface area contributed by atoms with E-state index < -0.39 is 0 Å². The first kappa shape index (κ1) is 13.6. The third-order valence-corrected chi connectivity index (χ3v) is 3.68. The molecule has 0 saturated carbocycles. The van der Waals surface area contributed by atoms with Crippen molar-refractivity contribution < 1.29 is 0 Å². The first-order chi connectivity index (χ1) is 10.3. The van der Waals surface area contributed by atoms with Crippen LogP contribution < -0.4 is 5.73 Å². The molecule has 3 aromatic rings. The zero-order valence-electron chi connectivity index (χ0n) is 12.2. The minimum absolute atomic E-state index is 0.572. The normalized spacial score (nSPS) is 10.8. The number of hydrogen-bond acceptors (Lipinski definition) is 2. The summed E-state index contributed by atoms with van der Waals surface area (Å²) >= 11 is 0. The van der Waals surface area contributed by atoms with E-state index in [0.29, 0.717) is 6.54 Å². The van der Waals surface area contributed by atoms with E-state index in [4.69, 9.17) is 5.73 Å². The van der Waals surface area contributed by atoms with Crippen LogP contribution in [-0.2, 0) is 13.1 Å². The number of aryl methyl sites for hydroxylation is 1. The first-order valence-corrected chi connectivity index (χ1v) is 7.13. The van der Waals surface area contributed by atoms with Crippen molar-refractivity contribution in [2.45, 2.75) is 20.0 Å². The fourth-order valence-corrected chi connectivity index (χ4v) is 2.56. The van der Waals surface area contributed by atoms with Gasteiger partial charge in [0.15, 0.2) is 0 Å². The van der Waals surface area contributed by atoms with Crippen LogP contribution in [0.4, 0.5) is 0 Å². The molecule has 106 valence electrons. The molecule has 2 N–H and O–H groups in total. The summed E-state index contributed by atoms with van der Waals surface area (Å²) in [5.74, 6) is 1.01. The molecule has 0 atom stereocenters. The minimum Gasteiger partial charge on any atom is -0.327 e. The van der Waals surface area contributed by atoms with Crippen LogP contribution in [0.25, 0.3) is 11.4 Å². The zero-order chi connectivity index (χ0) is 14.7. The second-order valence-corrected chi connectivity index (χ2v) is 5.22. The zero-order valence-corrected chi connectivity index (χ0v) is 12.2. The maximum Gasteiger partial charge on any atom is 0.140 e. The van der Waals surface area contributed by atoms with E-state index in [1.54, 1.807) is 0 Å². The van der Waals surface area contributed by atoms with Gasteiger partial charge in [-0.15, -0.1) is 0 Å². The Balaban J connectivity index is 1.94. The van der Waals surface area contributed by atoms with Crippen molar-refractivity contribution >= 4 is 0 Å². The van der Waals surface area contributed by atoms with E-state index in [-0.39, 0.29) is 0 Å². The third-order valence-electron chi connectivity index (χ3n) is 3.68. The highest BCUT2D eigenvalue weighted by Gasteiger charge is 2.08. The SMILES string of the molecule is Cc1ccccc1-c1nccn1Cc1cccc(CN)c1. The van der Waals surface area contributed by atoms with Gasteiger partial charge in [0.05, 0.1) is 0 Å². The summed E-state index contributed by atoms with van der Waals surface area (Å²) in [6.45, 7) is 3.49. The van der Waals surface area contributed by atoms with Crippen LogP contribution in [0.1, 0.15) is 16.7 Å². The van der Waals surface area contributed by atoms with Crippen molar-refractivity contribution in [2.24, 2.45) is 5.73 Å². The molecule has 3 heteroatoms. The summed E-state index contributed by atoms with van der Waals surface area (Å²) in [7, 11) is 0. The lowest BCUT2D eigenvalue weighted by molar-refractivity contribution is 0.804. The fourth-order valence-electron chi connectivity index (χ4n) is 2.56. The van der Waals surface area contributed by atoms with Crippen LogP contribution in [-0.4, -0.2) is 9.55 Å². The van der Waals surface area contributed by atoms with Gasteiger partial charge in [0.25, 0.3) is 0 Å². The fraction of sp³-hybridized carbons (Fsp3) is 0.167. The Morgan fingerprint density at radius 3 is 2.67 bits per heavy atom. The summed E-state index contributed by atoms with van der Waals surface area (Å²) < 4.78 is 2.18. The van der Waals surface area contributed by atoms with Gasteiger partial charge in [-0.25, -0.2) is 4.98 Å². The number of imidazole rings is 1. The molecular weight excluding hydrogens is 258 g/mol. The molecule has 1 aromatic heterocycles. The van der Waals surface area contributed by atoms with Crippen LogP contribution >= 0.6 is 0 Å². The molecular formula is C18H19N3. The highest BCUT2D eigenvalue weighted by molar-refractivity contribution is 5.60. The second-order valence-electron chi connectivity index (χ2n) is 5.22. The summed E-state index contributed by atoms with van der Waals surface area (Å²) in [5, 5.41) is 0. The van der Waals surface area contributed by atoms with Crippen molar-refractivity contribution in [3.63, 3.8) is 0 Å². The highest BCUT2D eigenvalue weighted by atomic mass is 15.1. The number of nitrogens with two attached hydrogens (primary N) is 1. The van der Waals surface area contributed by atoms with Crippen LogP contribution in [0.15, 0.2) is 60.9 Å². The first-order valence-electron chi connectivity index (χ1n) is 7.13. The molecule has 2 aromatic carbocycles. The van der Waals surface area contributed by atoms with Gasteiger partial charge in [-0.3, -0.25) is 0 Å². The number of benzene rings is 2. The third kappa shape index (κ3) is 2.88. The summed E-state index contributed by atoms with van der Waals surface area (Å²) in [5.41, 5.74) is 10.5. The van der Waals surface area contributed by atoms with Gasteiger partial charge < -0.3 is 10.3 Å². The molecule has 0 aliphatic rings. The highest BCUT2D eigenvalue weighted by Crippen LogP contribution is 2.22. The largest absolute Gasteiger partial charge is 0.327 e. The van der Waals surface area contributed by atoms with E-state index in [0.717, 1.165) is 17.9 Å². The minimum atomic E-state index is 0.572. The second kappa shape index (κ2) is 5.94. The summed E-state index contributed by atoms with van der Waals surface area (Å²) in [6, 6.07) is 16.7. The van der Waals surface area contributed by atoms with Gasteiger partial charge in [0.1, 0.15) is 5.82 Å². The lowest BCUT2D eigenvalue weighted by Gasteiger charge is -2.11. The Morgan fingerprint density at radius 1 is 1.05 bits per heavy atom. The van der Waals surface area contributed by atoms with Crippen LogP contribution in [0.2, 0.25) is 0 Å². The molecule has 3 nitrogen and oxygen atoms in total. The van der Waals surface area contributed by atoms with Gasteiger partial charge in [-0.2, -0.15) is 0 Å². The van der Waals surface area contributed by atoms with E-state index in [1.807, 2.05) is 12.4 Å². The molecule has 21 heavy (non-hydrogen) atoms. The molecule has 0 amide bonds. The number of aromatic nitrogens is 2. The van der Waals surface area contributed by atoms with Gasteiger partial charge in [-0.1, -0.05) is 48.5 Å². The monoisotopic (exact) mass is 277 g/mol. The molecule has 0 bridgehead atoms. The van der Waals surface area contributed by atoms with Crippen LogP contribution in [0.3, 0.4) is 0 Å². The Morgan fingerprint density at radius 2 is 1.86 bits per heavy atom. The number of rotatable bonds is 4. The standard InChI is InChI=1S/C18H19N3/c1-14-5-2-3-8-17(14)18-20-9-10-21(18)13-16-7-4-6-15(11-16)12-19/h2-11H,12-13,19H2,1H3. The molecule has 3 rings (SSSR count). The van der Waals surface area contributed by atoms with Gasteiger partial charge in [0, 0.05) is 31.0 Å². The average Bonchev–Trinajstić information content (AvgIpc) is 2.96. The Bertz CT molecular complexity index is 743. The lowest BCUT2D eigenvalue weighted by atomic mass is 10.1. The average molecular weight is 277 g/mol. The smallest absolute Gasteiger partial charge is 0.140 e. The Labute approximate surface area is 125 Å². The van der Waals surface area contributed by atoms with Gasteiger partial charge >= 0.3 is 0 Å². The predicted molar refractivity (Wildman–Crippen MR) is 85.8 cm³/mol. The van der Waals surface area contributed by atoms with E-state index >= 15 is 0 Å². The quantitative estimate of drug-likeness (QED) is 0.794.